The molecule has 1 saturated heterocycles. The quantitative estimate of drug-likeness (QED) is 0.900. The number of nitrogens with one attached hydrogen (secondary N) is 1. The van der Waals surface area contributed by atoms with Gasteiger partial charge in [0.05, 0.1) is 6.04 Å². The molecule has 1 aromatic rings. The van der Waals surface area contributed by atoms with Crippen LogP contribution in [0.5, 0.6) is 0 Å². The van der Waals surface area contributed by atoms with Crippen molar-refractivity contribution < 1.29 is 14.7 Å². The van der Waals surface area contributed by atoms with Crippen LogP contribution in [0.25, 0.3) is 0 Å². The fraction of sp³-hybridized carbons (Fsp3) is 0.385. The Bertz CT molecular complexity index is 550. The summed E-state index contributed by atoms with van der Waals surface area (Å²) in [5, 5.41) is 12.9. The second-order valence-electron chi connectivity index (χ2n) is 4.63. The fourth-order valence-electron chi connectivity index (χ4n) is 2.40. The van der Waals surface area contributed by atoms with Crippen LogP contribution in [-0.2, 0) is 4.79 Å². The molecule has 2 atom stereocenters. The maximum atomic E-state index is 11.7. The summed E-state index contributed by atoms with van der Waals surface area (Å²) in [6.07, 6.45) is -0.705. The fourth-order valence-corrected chi connectivity index (χ4v) is 2.86. The molecule has 1 fully saturated rings. The summed E-state index contributed by atoms with van der Waals surface area (Å²) in [5.41, 5.74) is 0.585. The molecule has 0 saturated carbocycles. The monoisotopic (exact) mass is 316 g/mol. The topological polar surface area (TPSA) is 69.6 Å². The molecule has 108 valence electrons. The van der Waals surface area contributed by atoms with Crippen LogP contribution in [0.2, 0.25) is 10.0 Å². The lowest BCUT2D eigenvalue weighted by Crippen LogP contribution is -2.45. The highest BCUT2D eigenvalue weighted by molar-refractivity contribution is 6.33. The van der Waals surface area contributed by atoms with Gasteiger partial charge in [-0.15, -0.1) is 0 Å². The van der Waals surface area contributed by atoms with Crippen LogP contribution >= 0.6 is 23.2 Å². The first-order chi connectivity index (χ1) is 9.41. The Hall–Kier alpha value is -1.46. The zero-order valence-electron chi connectivity index (χ0n) is 10.8. The Balaban J connectivity index is 2.36. The minimum atomic E-state index is -1.16. The van der Waals surface area contributed by atoms with E-state index in [0.29, 0.717) is 28.6 Å². The summed E-state index contributed by atoms with van der Waals surface area (Å²) in [6.45, 7) is 2.17. The van der Waals surface area contributed by atoms with Crippen molar-refractivity contribution >= 4 is 35.2 Å². The van der Waals surface area contributed by atoms with Crippen molar-refractivity contribution in [2.45, 2.75) is 25.4 Å². The Morgan fingerprint density at radius 2 is 2.20 bits per heavy atom. The van der Waals surface area contributed by atoms with E-state index in [1.807, 2.05) is 0 Å². The van der Waals surface area contributed by atoms with Gasteiger partial charge in [-0.1, -0.05) is 23.2 Å². The van der Waals surface area contributed by atoms with Crippen molar-refractivity contribution in [3.63, 3.8) is 0 Å². The number of carboxylic acid groups (broad SMARTS) is 1. The summed E-state index contributed by atoms with van der Waals surface area (Å²) in [7, 11) is 0. The van der Waals surface area contributed by atoms with Crippen molar-refractivity contribution in [1.82, 2.24) is 10.2 Å². The normalized spacial score (nSPS) is 19.6. The van der Waals surface area contributed by atoms with E-state index in [9.17, 15) is 14.7 Å². The second-order valence-corrected chi connectivity index (χ2v) is 5.47. The maximum Gasteiger partial charge on any atom is 0.408 e. The maximum absolute atomic E-state index is 11.7. The van der Waals surface area contributed by atoms with Crippen molar-refractivity contribution in [1.29, 1.82) is 0 Å². The summed E-state index contributed by atoms with van der Waals surface area (Å²) >= 11 is 12.0. The molecule has 0 bridgehead atoms. The Morgan fingerprint density at radius 3 is 2.75 bits per heavy atom. The van der Waals surface area contributed by atoms with Crippen LogP contribution < -0.4 is 5.32 Å². The molecule has 0 aromatic heterocycles. The van der Waals surface area contributed by atoms with E-state index >= 15 is 0 Å². The number of hydrogen-bond donors (Lipinski definition) is 2. The number of amides is 2. The zero-order valence-corrected chi connectivity index (χ0v) is 12.3. The highest BCUT2D eigenvalue weighted by Gasteiger charge is 2.37. The molecule has 1 aliphatic heterocycles. The smallest absolute Gasteiger partial charge is 0.408 e. The number of carbonyl (C=O) groups excluding carboxylic acids is 1. The molecule has 1 unspecified atom stereocenters. The lowest BCUT2D eigenvalue weighted by atomic mass is 10.0. The van der Waals surface area contributed by atoms with E-state index in [-0.39, 0.29) is 5.91 Å². The molecule has 2 amide bonds. The molecular weight excluding hydrogens is 303 g/mol. The number of halogens is 2. The van der Waals surface area contributed by atoms with Gasteiger partial charge in [-0.05, 0) is 37.1 Å². The van der Waals surface area contributed by atoms with E-state index in [4.69, 9.17) is 23.2 Å². The molecule has 0 radical (unpaired) electrons. The van der Waals surface area contributed by atoms with E-state index in [1.165, 1.54) is 0 Å². The van der Waals surface area contributed by atoms with E-state index < -0.39 is 18.2 Å². The lowest BCUT2D eigenvalue weighted by Gasteiger charge is -2.31. The van der Waals surface area contributed by atoms with Crippen LogP contribution in [0, 0.1) is 0 Å². The molecule has 1 aromatic carbocycles. The molecule has 0 aliphatic carbocycles. The first-order valence-electron chi connectivity index (χ1n) is 6.15. The number of benzene rings is 1. The first-order valence-corrected chi connectivity index (χ1v) is 6.91. The van der Waals surface area contributed by atoms with Gasteiger partial charge in [-0.3, -0.25) is 9.69 Å². The second kappa shape index (κ2) is 5.89. The number of rotatable bonds is 3. The van der Waals surface area contributed by atoms with Gasteiger partial charge in [0.1, 0.15) is 6.04 Å². The predicted molar refractivity (Wildman–Crippen MR) is 76.2 cm³/mol. The average Bonchev–Trinajstić information content (AvgIpc) is 2.78. The summed E-state index contributed by atoms with van der Waals surface area (Å²) in [6, 6.07) is 3.61. The van der Waals surface area contributed by atoms with Gasteiger partial charge in [-0.25, -0.2) is 4.79 Å². The third kappa shape index (κ3) is 2.83. The SMILES string of the molecule is CC(c1cc(Cl)ccc1Cl)N(C(=O)O)[C@H]1CCNC1=O. The largest absolute Gasteiger partial charge is 0.465 e. The van der Waals surface area contributed by atoms with E-state index in [1.54, 1.807) is 25.1 Å². The van der Waals surface area contributed by atoms with Crippen molar-refractivity contribution in [3.05, 3.63) is 33.8 Å². The van der Waals surface area contributed by atoms with Crippen molar-refractivity contribution in [2.75, 3.05) is 6.54 Å². The predicted octanol–water partition coefficient (Wildman–Crippen LogP) is 2.92. The minimum absolute atomic E-state index is 0.280. The van der Waals surface area contributed by atoms with Gasteiger partial charge in [0.2, 0.25) is 5.91 Å². The molecule has 1 aliphatic rings. The lowest BCUT2D eigenvalue weighted by molar-refractivity contribution is -0.123. The standard InChI is InChI=1S/C13H14Cl2N2O3/c1-7(9-6-8(14)2-3-10(9)15)17(13(19)20)11-4-5-16-12(11)18/h2-3,6-7,11H,4-5H2,1H3,(H,16,18)(H,19,20)/t7?,11-/m0/s1. The van der Waals surface area contributed by atoms with Crippen molar-refractivity contribution in [2.24, 2.45) is 0 Å². The van der Waals surface area contributed by atoms with E-state index in [2.05, 4.69) is 5.32 Å². The van der Waals surface area contributed by atoms with Crippen LogP contribution in [0.15, 0.2) is 18.2 Å². The molecule has 2 N–H and O–H groups in total. The molecular formula is C13H14Cl2N2O3. The molecule has 7 heteroatoms. The molecule has 0 spiro atoms. The van der Waals surface area contributed by atoms with Gasteiger partial charge in [0.15, 0.2) is 0 Å². The highest BCUT2D eigenvalue weighted by atomic mass is 35.5. The number of carbonyl (C=O) groups is 2. The Kier molecular flexibility index (Phi) is 4.40. The molecule has 5 nitrogen and oxygen atoms in total. The van der Waals surface area contributed by atoms with Gasteiger partial charge >= 0.3 is 6.09 Å². The summed E-state index contributed by atoms with van der Waals surface area (Å²) in [5.74, 6) is -0.280. The third-order valence-electron chi connectivity index (χ3n) is 3.40. The zero-order chi connectivity index (χ0) is 14.9. The number of nitrogens with zero attached hydrogens (tertiary/aromatic N) is 1. The number of hydrogen-bond acceptors (Lipinski definition) is 2. The molecule has 2 rings (SSSR count). The third-order valence-corrected chi connectivity index (χ3v) is 3.98. The Labute approximate surface area is 126 Å². The molecule has 1 heterocycles. The van der Waals surface area contributed by atoms with Crippen LogP contribution in [0.3, 0.4) is 0 Å². The average molecular weight is 317 g/mol. The van der Waals surface area contributed by atoms with Crippen LogP contribution in [0.1, 0.15) is 24.9 Å². The van der Waals surface area contributed by atoms with Crippen molar-refractivity contribution in [3.8, 4) is 0 Å². The molecule has 20 heavy (non-hydrogen) atoms. The van der Waals surface area contributed by atoms with Gasteiger partial charge in [-0.2, -0.15) is 0 Å². The van der Waals surface area contributed by atoms with E-state index in [0.717, 1.165) is 4.90 Å². The van der Waals surface area contributed by atoms with Gasteiger partial charge in [0, 0.05) is 16.6 Å². The summed E-state index contributed by atoms with van der Waals surface area (Å²) in [4.78, 5) is 24.4. The Morgan fingerprint density at radius 1 is 1.50 bits per heavy atom. The van der Waals surface area contributed by atoms with Gasteiger partial charge < -0.3 is 10.4 Å². The minimum Gasteiger partial charge on any atom is -0.465 e. The van der Waals surface area contributed by atoms with Crippen LogP contribution in [-0.4, -0.2) is 34.6 Å². The van der Waals surface area contributed by atoms with Crippen LogP contribution in [0.4, 0.5) is 4.79 Å². The summed E-state index contributed by atoms with van der Waals surface area (Å²) < 4.78 is 0. The first kappa shape index (κ1) is 14.9. The highest BCUT2D eigenvalue weighted by Crippen LogP contribution is 2.32. The van der Waals surface area contributed by atoms with Gasteiger partial charge in [0.25, 0.3) is 0 Å².